The number of rotatable bonds is 4. The summed E-state index contributed by atoms with van der Waals surface area (Å²) in [6.45, 7) is 9.34. The normalized spacial score (nSPS) is 19.7. The maximum Gasteiger partial charge on any atom is 0.131 e. The lowest BCUT2D eigenvalue weighted by molar-refractivity contribution is -0.0128. The molecule has 5 rings (SSSR count). The molecule has 3 aromatic carbocycles. The van der Waals surface area contributed by atoms with Crippen molar-refractivity contribution in [2.45, 2.75) is 63.5 Å². The Hall–Kier alpha value is -3.23. The van der Waals surface area contributed by atoms with E-state index in [-0.39, 0.29) is 22.8 Å². The molecule has 1 aliphatic heterocycles. The molecule has 1 heterocycles. The van der Waals surface area contributed by atoms with Crippen molar-refractivity contribution in [3.05, 3.63) is 120 Å². The highest BCUT2D eigenvalue weighted by Gasteiger charge is 2.43. The second kappa shape index (κ2) is 9.91. The van der Waals surface area contributed by atoms with Crippen LogP contribution in [0.5, 0.6) is 0 Å². The molecule has 0 atom stereocenters. The highest BCUT2D eigenvalue weighted by molar-refractivity contribution is 5.71. The first-order chi connectivity index (χ1) is 17.6. The van der Waals surface area contributed by atoms with E-state index in [0.29, 0.717) is 11.5 Å². The van der Waals surface area contributed by atoms with Gasteiger partial charge in [0.25, 0.3) is 0 Å². The van der Waals surface area contributed by atoms with Gasteiger partial charge in [-0.3, -0.25) is 4.90 Å². The number of piperidine rings is 1. The van der Waals surface area contributed by atoms with Gasteiger partial charge in [-0.15, -0.1) is 0 Å². The summed E-state index contributed by atoms with van der Waals surface area (Å²) in [7, 11) is 2.24. The monoisotopic (exact) mass is 491 g/mol. The molecule has 0 N–H and O–H groups in total. The maximum atomic E-state index is 15.3. The van der Waals surface area contributed by atoms with Gasteiger partial charge in [-0.1, -0.05) is 97.1 Å². The number of allylic oxidation sites excluding steroid dienone is 6. The average Bonchev–Trinajstić information content (AvgIpc) is 3.17. The molecule has 0 aromatic heterocycles. The molecular formula is C35H38FN. The van der Waals surface area contributed by atoms with Crippen LogP contribution in [0, 0.1) is 5.82 Å². The van der Waals surface area contributed by atoms with E-state index in [1.54, 1.807) is 6.07 Å². The van der Waals surface area contributed by atoms with Gasteiger partial charge >= 0.3 is 0 Å². The van der Waals surface area contributed by atoms with Gasteiger partial charge in [-0.05, 0) is 87.4 Å². The molecule has 0 bridgehead atoms. The van der Waals surface area contributed by atoms with Crippen LogP contribution < -0.4 is 0 Å². The van der Waals surface area contributed by atoms with Gasteiger partial charge in [0.2, 0.25) is 0 Å². The molecular weight excluding hydrogens is 453 g/mol. The SMILES string of the molecule is CN1C(C)(C)CC(c2ccc(-c3ccc(-c4ccc(C5C=CC=CC=C5)cc4)cc3F)cc2)CC1(C)C. The van der Waals surface area contributed by atoms with Gasteiger partial charge < -0.3 is 0 Å². The second-order valence-electron chi connectivity index (χ2n) is 11.9. The minimum Gasteiger partial charge on any atom is -0.296 e. The third-order valence-electron chi connectivity index (χ3n) is 8.57. The molecule has 1 saturated heterocycles. The Bertz CT molecular complexity index is 1310. The van der Waals surface area contributed by atoms with Gasteiger partial charge in [0.05, 0.1) is 0 Å². The van der Waals surface area contributed by atoms with E-state index in [4.69, 9.17) is 0 Å². The molecule has 0 spiro atoms. The van der Waals surface area contributed by atoms with E-state index in [1.807, 2.05) is 24.3 Å². The van der Waals surface area contributed by atoms with E-state index in [2.05, 4.69) is 112 Å². The Morgan fingerprint density at radius 3 is 1.73 bits per heavy atom. The fourth-order valence-electron chi connectivity index (χ4n) is 6.15. The van der Waals surface area contributed by atoms with Crippen molar-refractivity contribution in [3.8, 4) is 22.3 Å². The molecule has 0 saturated carbocycles. The Balaban J connectivity index is 1.33. The third-order valence-corrected chi connectivity index (χ3v) is 8.57. The van der Waals surface area contributed by atoms with Crippen LogP contribution in [-0.2, 0) is 0 Å². The largest absolute Gasteiger partial charge is 0.296 e. The van der Waals surface area contributed by atoms with Crippen molar-refractivity contribution in [1.29, 1.82) is 0 Å². The summed E-state index contributed by atoms with van der Waals surface area (Å²) in [6.07, 6.45) is 14.9. The average molecular weight is 492 g/mol. The Morgan fingerprint density at radius 2 is 1.16 bits per heavy atom. The van der Waals surface area contributed by atoms with E-state index in [9.17, 15) is 0 Å². The van der Waals surface area contributed by atoms with Crippen LogP contribution in [0.4, 0.5) is 4.39 Å². The van der Waals surface area contributed by atoms with Crippen LogP contribution in [0.25, 0.3) is 22.3 Å². The van der Waals surface area contributed by atoms with Crippen LogP contribution in [0.2, 0.25) is 0 Å². The molecule has 1 aliphatic carbocycles. The molecule has 1 fully saturated rings. The van der Waals surface area contributed by atoms with Crippen molar-refractivity contribution in [3.63, 3.8) is 0 Å². The summed E-state index contributed by atoms with van der Waals surface area (Å²) < 4.78 is 15.3. The third kappa shape index (κ3) is 5.26. The zero-order valence-electron chi connectivity index (χ0n) is 22.7. The van der Waals surface area contributed by atoms with Crippen LogP contribution in [-0.4, -0.2) is 23.0 Å². The van der Waals surface area contributed by atoms with Gasteiger partial charge in [0.1, 0.15) is 5.82 Å². The lowest BCUT2D eigenvalue weighted by Gasteiger charge is -2.54. The number of hydrogen-bond donors (Lipinski definition) is 0. The Morgan fingerprint density at radius 1 is 0.649 bits per heavy atom. The smallest absolute Gasteiger partial charge is 0.131 e. The van der Waals surface area contributed by atoms with Gasteiger partial charge in [-0.2, -0.15) is 0 Å². The molecule has 37 heavy (non-hydrogen) atoms. The van der Waals surface area contributed by atoms with Crippen LogP contribution >= 0.6 is 0 Å². The molecule has 1 nitrogen and oxygen atoms in total. The molecule has 0 radical (unpaired) electrons. The number of hydrogen-bond acceptors (Lipinski definition) is 1. The fourth-order valence-corrected chi connectivity index (χ4v) is 6.15. The maximum absolute atomic E-state index is 15.3. The summed E-state index contributed by atoms with van der Waals surface area (Å²) in [6, 6.07) is 22.6. The number of benzene rings is 3. The van der Waals surface area contributed by atoms with Gasteiger partial charge in [-0.25, -0.2) is 4.39 Å². The highest BCUT2D eigenvalue weighted by atomic mass is 19.1. The summed E-state index contributed by atoms with van der Waals surface area (Å²) in [5, 5.41) is 0. The quantitative estimate of drug-likeness (QED) is 0.351. The first-order valence-electron chi connectivity index (χ1n) is 13.4. The van der Waals surface area contributed by atoms with Gasteiger partial charge in [0, 0.05) is 22.6 Å². The lowest BCUT2D eigenvalue weighted by Crippen LogP contribution is -2.58. The summed E-state index contributed by atoms with van der Waals surface area (Å²) >= 11 is 0. The van der Waals surface area contributed by atoms with Crippen LogP contribution in [0.1, 0.15) is 63.5 Å². The summed E-state index contributed by atoms with van der Waals surface area (Å²) in [5.41, 5.74) is 6.37. The van der Waals surface area contributed by atoms with E-state index in [1.165, 1.54) is 11.1 Å². The summed E-state index contributed by atoms with van der Waals surface area (Å²) in [5.74, 6) is 0.583. The molecule has 2 aliphatic rings. The topological polar surface area (TPSA) is 3.24 Å². The Labute approximate surface area is 222 Å². The highest BCUT2D eigenvalue weighted by Crippen LogP contribution is 2.45. The van der Waals surface area contributed by atoms with E-state index >= 15 is 4.39 Å². The minimum absolute atomic E-state index is 0.144. The second-order valence-corrected chi connectivity index (χ2v) is 11.9. The molecule has 0 amide bonds. The number of halogens is 1. The zero-order valence-corrected chi connectivity index (χ0v) is 22.7. The first kappa shape index (κ1) is 25.4. The van der Waals surface area contributed by atoms with Crippen LogP contribution in [0.15, 0.2) is 103 Å². The van der Waals surface area contributed by atoms with Crippen molar-refractivity contribution in [1.82, 2.24) is 4.90 Å². The Kier molecular flexibility index (Phi) is 6.81. The standard InChI is InChI=1S/C35H38FN/c1-34(2)23-31(24-35(3,4)37(34)5)28-16-18-29(19-17-28)32-21-20-30(22-33(32)36)27-14-12-26(13-15-27)25-10-8-6-7-9-11-25/h6-22,25,31H,23-24H2,1-5H3. The summed E-state index contributed by atoms with van der Waals surface area (Å²) in [4.78, 5) is 2.51. The van der Waals surface area contributed by atoms with Crippen molar-refractivity contribution < 1.29 is 4.39 Å². The van der Waals surface area contributed by atoms with Crippen molar-refractivity contribution in [2.75, 3.05) is 7.05 Å². The lowest BCUT2D eigenvalue weighted by atomic mass is 9.71. The molecule has 3 aromatic rings. The van der Waals surface area contributed by atoms with E-state index in [0.717, 1.165) is 29.5 Å². The predicted molar refractivity (Wildman–Crippen MR) is 155 cm³/mol. The van der Waals surface area contributed by atoms with E-state index < -0.39 is 0 Å². The molecule has 190 valence electrons. The number of likely N-dealkylation sites (tertiary alicyclic amines) is 1. The number of nitrogens with zero attached hydrogens (tertiary/aromatic N) is 1. The minimum atomic E-state index is -0.184. The predicted octanol–water partition coefficient (Wildman–Crippen LogP) is 9.29. The van der Waals surface area contributed by atoms with Gasteiger partial charge in [0.15, 0.2) is 0 Å². The molecule has 2 heteroatoms. The van der Waals surface area contributed by atoms with Crippen LogP contribution in [0.3, 0.4) is 0 Å². The zero-order chi connectivity index (χ0) is 26.2. The first-order valence-corrected chi connectivity index (χ1v) is 13.4. The van der Waals surface area contributed by atoms with Crippen molar-refractivity contribution in [2.24, 2.45) is 0 Å². The molecule has 0 unspecified atom stereocenters. The fraction of sp³-hybridized carbons (Fsp3) is 0.314. The van der Waals surface area contributed by atoms with Crippen molar-refractivity contribution >= 4 is 0 Å².